The second-order valence-corrected chi connectivity index (χ2v) is 9.65. The van der Waals surface area contributed by atoms with E-state index in [0.29, 0.717) is 5.92 Å². The van der Waals surface area contributed by atoms with Crippen LogP contribution >= 0.6 is 0 Å². The van der Waals surface area contributed by atoms with E-state index in [-0.39, 0.29) is 11.3 Å². The van der Waals surface area contributed by atoms with Crippen molar-refractivity contribution in [3.8, 4) is 0 Å². The van der Waals surface area contributed by atoms with Gasteiger partial charge in [0.15, 0.2) is 17.5 Å². The topological polar surface area (TPSA) is 0 Å². The quantitative estimate of drug-likeness (QED) is 0.249. The molecule has 0 aromatic heterocycles. The standard InChI is InChI=1S/C26H32F4/c1-2-3-4-5-6-16-7-8-18-12-19(10-9-17(18)11-16)20-13-21-15-23(28)25(29)26(30)24(21)22(27)14-20/h13-19H,2-12H2,1H3. The van der Waals surface area contributed by atoms with Crippen LogP contribution in [-0.2, 0) is 0 Å². The lowest BCUT2D eigenvalue weighted by molar-refractivity contribution is 0.113. The number of halogens is 4. The van der Waals surface area contributed by atoms with Crippen LogP contribution in [0.25, 0.3) is 10.8 Å². The molecular weight excluding hydrogens is 388 g/mol. The van der Waals surface area contributed by atoms with E-state index in [2.05, 4.69) is 6.92 Å². The van der Waals surface area contributed by atoms with Crippen molar-refractivity contribution in [1.82, 2.24) is 0 Å². The van der Waals surface area contributed by atoms with E-state index in [1.54, 1.807) is 6.07 Å². The third-order valence-electron chi connectivity index (χ3n) is 7.71. The molecule has 0 aliphatic heterocycles. The van der Waals surface area contributed by atoms with Crippen LogP contribution in [0.1, 0.15) is 89.0 Å². The predicted molar refractivity (Wildman–Crippen MR) is 113 cm³/mol. The maximum Gasteiger partial charge on any atom is 0.195 e. The molecule has 0 saturated heterocycles. The van der Waals surface area contributed by atoms with Crippen LogP contribution < -0.4 is 0 Å². The molecule has 2 aliphatic rings. The molecule has 2 aromatic carbocycles. The van der Waals surface area contributed by atoms with Gasteiger partial charge in [-0.1, -0.05) is 51.5 Å². The molecule has 4 heteroatoms. The molecule has 2 aliphatic carbocycles. The van der Waals surface area contributed by atoms with Gasteiger partial charge >= 0.3 is 0 Å². The van der Waals surface area contributed by atoms with Gasteiger partial charge in [0.25, 0.3) is 0 Å². The van der Waals surface area contributed by atoms with Gasteiger partial charge in [0.2, 0.25) is 0 Å². The fourth-order valence-electron chi connectivity index (χ4n) is 6.06. The summed E-state index contributed by atoms with van der Waals surface area (Å²) < 4.78 is 55.8. The maximum atomic E-state index is 14.6. The molecule has 0 N–H and O–H groups in total. The monoisotopic (exact) mass is 420 g/mol. The Hall–Kier alpha value is -1.58. The molecule has 0 nitrogen and oxygen atoms in total. The van der Waals surface area contributed by atoms with Gasteiger partial charge in [-0.15, -0.1) is 0 Å². The van der Waals surface area contributed by atoms with Crippen LogP contribution in [-0.4, -0.2) is 0 Å². The Morgan fingerprint density at radius 2 is 1.53 bits per heavy atom. The van der Waals surface area contributed by atoms with Gasteiger partial charge in [-0.05, 0) is 78.9 Å². The molecule has 2 fully saturated rings. The van der Waals surface area contributed by atoms with Crippen molar-refractivity contribution in [3.63, 3.8) is 0 Å². The maximum absolute atomic E-state index is 14.6. The fraction of sp³-hybridized carbons (Fsp3) is 0.615. The van der Waals surface area contributed by atoms with E-state index in [4.69, 9.17) is 0 Å². The largest absolute Gasteiger partial charge is 0.206 e. The number of benzene rings is 2. The molecule has 0 heterocycles. The van der Waals surface area contributed by atoms with E-state index in [0.717, 1.165) is 42.7 Å². The molecule has 164 valence electrons. The first-order chi connectivity index (χ1) is 14.5. The zero-order valence-corrected chi connectivity index (χ0v) is 17.8. The molecule has 4 unspecified atom stereocenters. The van der Waals surface area contributed by atoms with Gasteiger partial charge in [0.05, 0.1) is 5.39 Å². The summed E-state index contributed by atoms with van der Waals surface area (Å²) in [6.45, 7) is 2.25. The molecular formula is C26H32F4. The second-order valence-electron chi connectivity index (χ2n) is 9.65. The molecule has 4 atom stereocenters. The summed E-state index contributed by atoms with van der Waals surface area (Å²) >= 11 is 0. The molecule has 0 amide bonds. The Bertz CT molecular complexity index is 890. The summed E-state index contributed by atoms with van der Waals surface area (Å²) in [6, 6.07) is 3.91. The van der Waals surface area contributed by atoms with Crippen LogP contribution in [0.3, 0.4) is 0 Å². The minimum Gasteiger partial charge on any atom is -0.206 e. The Morgan fingerprint density at radius 3 is 2.33 bits per heavy atom. The Morgan fingerprint density at radius 1 is 0.767 bits per heavy atom. The van der Waals surface area contributed by atoms with Crippen molar-refractivity contribution in [1.29, 1.82) is 0 Å². The highest BCUT2D eigenvalue weighted by Crippen LogP contribution is 2.49. The average molecular weight is 421 g/mol. The van der Waals surface area contributed by atoms with Crippen molar-refractivity contribution in [2.75, 3.05) is 0 Å². The lowest BCUT2D eigenvalue weighted by atomic mass is 9.63. The van der Waals surface area contributed by atoms with E-state index < -0.39 is 28.7 Å². The van der Waals surface area contributed by atoms with Crippen LogP contribution in [0.15, 0.2) is 18.2 Å². The minimum atomic E-state index is -1.61. The summed E-state index contributed by atoms with van der Waals surface area (Å²) in [5, 5.41) is -0.339. The zero-order valence-electron chi connectivity index (χ0n) is 17.8. The van der Waals surface area contributed by atoms with E-state index in [1.807, 2.05) is 0 Å². The van der Waals surface area contributed by atoms with E-state index >= 15 is 0 Å². The summed E-state index contributed by atoms with van der Waals surface area (Å²) in [5.74, 6) is -2.61. The number of hydrogen-bond donors (Lipinski definition) is 0. The predicted octanol–water partition coefficient (Wildman–Crippen LogP) is 8.67. The van der Waals surface area contributed by atoms with Crippen molar-refractivity contribution in [2.45, 2.75) is 83.5 Å². The summed E-state index contributed by atoms with van der Waals surface area (Å²) in [6.07, 6.45) is 13.7. The molecule has 0 spiro atoms. The van der Waals surface area contributed by atoms with Gasteiger partial charge in [-0.3, -0.25) is 0 Å². The SMILES string of the molecule is CCCCCCC1CCC2CC(c3cc(F)c4c(F)c(F)c(F)cc4c3)CCC2C1. The van der Waals surface area contributed by atoms with Gasteiger partial charge in [-0.2, -0.15) is 0 Å². The third kappa shape index (κ3) is 4.38. The van der Waals surface area contributed by atoms with Crippen molar-refractivity contribution >= 4 is 10.8 Å². The molecule has 4 rings (SSSR count). The molecule has 2 aromatic rings. The summed E-state index contributed by atoms with van der Waals surface area (Å²) in [4.78, 5) is 0. The average Bonchev–Trinajstić information content (AvgIpc) is 2.74. The number of rotatable bonds is 6. The van der Waals surface area contributed by atoms with Gasteiger partial charge in [0.1, 0.15) is 5.82 Å². The number of hydrogen-bond acceptors (Lipinski definition) is 0. The van der Waals surface area contributed by atoms with Gasteiger partial charge < -0.3 is 0 Å². The number of unbranched alkanes of at least 4 members (excludes halogenated alkanes) is 3. The first-order valence-electron chi connectivity index (χ1n) is 11.7. The van der Waals surface area contributed by atoms with Crippen molar-refractivity contribution in [2.24, 2.45) is 17.8 Å². The van der Waals surface area contributed by atoms with Crippen LogP contribution in [0.5, 0.6) is 0 Å². The first kappa shape index (κ1) is 21.6. The second kappa shape index (κ2) is 9.28. The Labute approximate surface area is 177 Å². The van der Waals surface area contributed by atoms with Gasteiger partial charge in [0, 0.05) is 0 Å². The fourth-order valence-corrected chi connectivity index (χ4v) is 6.06. The highest BCUT2D eigenvalue weighted by molar-refractivity contribution is 5.84. The highest BCUT2D eigenvalue weighted by atomic mass is 19.2. The van der Waals surface area contributed by atoms with Crippen LogP contribution in [0.2, 0.25) is 0 Å². The van der Waals surface area contributed by atoms with Crippen molar-refractivity contribution in [3.05, 3.63) is 47.0 Å². The normalized spacial score (nSPS) is 26.7. The first-order valence-corrected chi connectivity index (χ1v) is 11.7. The summed E-state index contributed by atoms with van der Waals surface area (Å²) in [5.41, 5.74) is 0.797. The van der Waals surface area contributed by atoms with Crippen LogP contribution in [0.4, 0.5) is 17.6 Å². The number of fused-ring (bicyclic) bond motifs is 2. The summed E-state index contributed by atoms with van der Waals surface area (Å²) in [7, 11) is 0. The third-order valence-corrected chi connectivity index (χ3v) is 7.71. The lowest BCUT2D eigenvalue weighted by Gasteiger charge is -2.42. The highest BCUT2D eigenvalue weighted by Gasteiger charge is 2.36. The van der Waals surface area contributed by atoms with Gasteiger partial charge in [-0.25, -0.2) is 17.6 Å². The Kier molecular flexibility index (Phi) is 6.69. The van der Waals surface area contributed by atoms with Crippen molar-refractivity contribution < 1.29 is 17.6 Å². The molecule has 30 heavy (non-hydrogen) atoms. The molecule has 2 saturated carbocycles. The molecule has 0 bridgehead atoms. The minimum absolute atomic E-state index is 0.110. The Balaban J connectivity index is 1.44. The molecule has 0 radical (unpaired) electrons. The van der Waals surface area contributed by atoms with E-state index in [1.165, 1.54) is 57.4 Å². The van der Waals surface area contributed by atoms with Crippen LogP contribution in [0, 0.1) is 41.0 Å². The zero-order chi connectivity index (χ0) is 21.3. The smallest absolute Gasteiger partial charge is 0.195 e. The lowest BCUT2D eigenvalue weighted by Crippen LogP contribution is -2.30. The van der Waals surface area contributed by atoms with E-state index in [9.17, 15) is 17.6 Å².